The molecule has 3 aromatic carbocycles. The van der Waals surface area contributed by atoms with Crippen LogP contribution in [0.4, 0.5) is 5.69 Å². The Labute approximate surface area is 188 Å². The fraction of sp³-hybridized carbons (Fsp3) is 0.269. The van der Waals surface area contributed by atoms with Crippen LogP contribution in [0.25, 0.3) is 0 Å². The molecule has 0 saturated heterocycles. The molecule has 1 aliphatic rings. The summed E-state index contributed by atoms with van der Waals surface area (Å²) in [5.74, 6) is -0.109. The zero-order valence-corrected chi connectivity index (χ0v) is 19.2. The lowest BCUT2D eigenvalue weighted by Crippen LogP contribution is -2.56. The SMILES string of the molecule is Cc1ccc2c(c1)[C@@](C)(c1ccccc1)CC(C)(C)N2C(=O)c1ccc(Cl)cc1Cl. The highest BCUT2D eigenvalue weighted by molar-refractivity contribution is 6.37. The molecule has 0 unspecified atom stereocenters. The van der Waals surface area contributed by atoms with Gasteiger partial charge in [0.05, 0.1) is 10.6 Å². The van der Waals surface area contributed by atoms with E-state index < -0.39 is 5.54 Å². The van der Waals surface area contributed by atoms with Crippen LogP contribution in [0.3, 0.4) is 0 Å². The molecule has 1 aliphatic heterocycles. The van der Waals surface area contributed by atoms with Crippen molar-refractivity contribution in [1.29, 1.82) is 0 Å². The lowest BCUT2D eigenvalue weighted by molar-refractivity contribution is 0.0949. The van der Waals surface area contributed by atoms with Crippen molar-refractivity contribution in [3.05, 3.63) is 99.0 Å². The molecule has 0 aromatic heterocycles. The smallest absolute Gasteiger partial charge is 0.260 e. The largest absolute Gasteiger partial charge is 0.302 e. The molecule has 154 valence electrons. The van der Waals surface area contributed by atoms with Crippen LogP contribution in [-0.2, 0) is 5.41 Å². The van der Waals surface area contributed by atoms with Gasteiger partial charge in [-0.2, -0.15) is 0 Å². The number of hydrogen-bond acceptors (Lipinski definition) is 1. The van der Waals surface area contributed by atoms with Crippen LogP contribution in [-0.4, -0.2) is 11.4 Å². The molecule has 0 saturated carbocycles. The van der Waals surface area contributed by atoms with E-state index in [9.17, 15) is 4.79 Å². The maximum Gasteiger partial charge on any atom is 0.260 e. The van der Waals surface area contributed by atoms with Gasteiger partial charge in [0.1, 0.15) is 0 Å². The second-order valence-electron chi connectivity index (χ2n) is 8.97. The average molecular weight is 438 g/mol. The third-order valence-corrected chi connectivity index (χ3v) is 6.70. The Kier molecular flexibility index (Phi) is 5.20. The maximum atomic E-state index is 13.7. The fourth-order valence-electron chi connectivity index (χ4n) is 4.88. The van der Waals surface area contributed by atoms with Crippen LogP contribution in [0, 0.1) is 6.92 Å². The van der Waals surface area contributed by atoms with Crippen LogP contribution >= 0.6 is 23.2 Å². The first-order valence-corrected chi connectivity index (χ1v) is 10.9. The lowest BCUT2D eigenvalue weighted by atomic mass is 9.65. The molecular formula is C26H25Cl2NO. The normalized spacial score (nSPS) is 20.0. The Hall–Kier alpha value is -2.29. The van der Waals surface area contributed by atoms with Crippen molar-refractivity contribution >= 4 is 34.8 Å². The number of hydrogen-bond donors (Lipinski definition) is 0. The van der Waals surface area contributed by atoms with Gasteiger partial charge < -0.3 is 4.90 Å². The van der Waals surface area contributed by atoms with E-state index in [-0.39, 0.29) is 11.3 Å². The molecule has 0 fully saturated rings. The first kappa shape index (κ1) is 21.0. The highest BCUT2D eigenvalue weighted by Crippen LogP contribution is 2.51. The minimum atomic E-state index is -0.424. The van der Waals surface area contributed by atoms with Crippen molar-refractivity contribution < 1.29 is 4.79 Å². The molecule has 4 rings (SSSR count). The molecule has 0 bridgehead atoms. The van der Waals surface area contributed by atoms with Crippen LogP contribution in [0.5, 0.6) is 0 Å². The molecular weight excluding hydrogens is 413 g/mol. The molecule has 1 amide bonds. The van der Waals surface area contributed by atoms with Gasteiger partial charge in [0.25, 0.3) is 5.91 Å². The standard InChI is InChI=1S/C26H25Cl2NO/c1-17-10-13-23-21(14-17)26(4,18-8-6-5-7-9-18)16-25(2,3)29(23)24(30)20-12-11-19(27)15-22(20)28/h5-15H,16H2,1-4H3/t26-/m1/s1. The van der Waals surface area contributed by atoms with Gasteiger partial charge in [-0.25, -0.2) is 0 Å². The highest BCUT2D eigenvalue weighted by atomic mass is 35.5. The van der Waals surface area contributed by atoms with Crippen molar-refractivity contribution in [2.75, 3.05) is 4.90 Å². The third kappa shape index (κ3) is 3.42. The van der Waals surface area contributed by atoms with Crippen LogP contribution < -0.4 is 4.90 Å². The third-order valence-electron chi connectivity index (χ3n) is 6.15. The molecule has 2 nitrogen and oxygen atoms in total. The van der Waals surface area contributed by atoms with Gasteiger partial charge >= 0.3 is 0 Å². The molecule has 3 aromatic rings. The van der Waals surface area contributed by atoms with E-state index in [0.717, 1.165) is 17.7 Å². The molecule has 0 aliphatic carbocycles. The van der Waals surface area contributed by atoms with Gasteiger partial charge in [-0.05, 0) is 62.6 Å². The van der Waals surface area contributed by atoms with Gasteiger partial charge in [0.15, 0.2) is 0 Å². The van der Waals surface area contributed by atoms with E-state index in [1.54, 1.807) is 18.2 Å². The first-order chi connectivity index (χ1) is 14.1. The Morgan fingerprint density at radius 2 is 1.63 bits per heavy atom. The Morgan fingerprint density at radius 1 is 0.933 bits per heavy atom. The zero-order valence-electron chi connectivity index (χ0n) is 17.7. The highest BCUT2D eigenvalue weighted by Gasteiger charge is 2.48. The number of fused-ring (bicyclic) bond motifs is 1. The summed E-state index contributed by atoms with van der Waals surface area (Å²) in [6.07, 6.45) is 0.789. The summed E-state index contributed by atoms with van der Waals surface area (Å²) in [6.45, 7) is 8.62. The lowest BCUT2D eigenvalue weighted by Gasteiger charge is -2.51. The number of amides is 1. The van der Waals surface area contributed by atoms with Gasteiger partial charge in [0.2, 0.25) is 0 Å². The molecule has 0 spiro atoms. The predicted molar refractivity (Wildman–Crippen MR) is 126 cm³/mol. The van der Waals surface area contributed by atoms with Crippen molar-refractivity contribution in [3.63, 3.8) is 0 Å². The van der Waals surface area contributed by atoms with Crippen molar-refractivity contribution in [2.45, 2.75) is 45.1 Å². The van der Waals surface area contributed by atoms with E-state index in [1.165, 1.54) is 11.1 Å². The quantitative estimate of drug-likeness (QED) is 0.407. The molecule has 4 heteroatoms. The fourth-order valence-corrected chi connectivity index (χ4v) is 5.37. The maximum absolute atomic E-state index is 13.7. The van der Waals surface area contributed by atoms with Crippen LogP contribution in [0.1, 0.15) is 54.2 Å². The number of nitrogens with zero attached hydrogens (tertiary/aromatic N) is 1. The summed E-state index contributed by atoms with van der Waals surface area (Å²) in [7, 11) is 0. The summed E-state index contributed by atoms with van der Waals surface area (Å²) in [6, 6.07) is 21.9. The van der Waals surface area contributed by atoms with E-state index >= 15 is 0 Å². The minimum Gasteiger partial charge on any atom is -0.302 e. The molecule has 30 heavy (non-hydrogen) atoms. The van der Waals surface area contributed by atoms with E-state index in [0.29, 0.717) is 15.6 Å². The van der Waals surface area contributed by atoms with Crippen molar-refractivity contribution in [1.82, 2.24) is 0 Å². The van der Waals surface area contributed by atoms with Gasteiger partial charge in [-0.1, -0.05) is 78.2 Å². The van der Waals surface area contributed by atoms with Gasteiger partial charge in [-0.3, -0.25) is 4.79 Å². The van der Waals surface area contributed by atoms with E-state index in [2.05, 4.69) is 70.2 Å². The van der Waals surface area contributed by atoms with Crippen LogP contribution in [0.15, 0.2) is 66.7 Å². The number of rotatable bonds is 2. The first-order valence-electron chi connectivity index (χ1n) is 10.1. The second-order valence-corrected chi connectivity index (χ2v) is 9.82. The van der Waals surface area contributed by atoms with Crippen molar-refractivity contribution in [2.24, 2.45) is 0 Å². The number of anilines is 1. The van der Waals surface area contributed by atoms with Gasteiger partial charge in [-0.15, -0.1) is 0 Å². The minimum absolute atomic E-state index is 0.109. The van der Waals surface area contributed by atoms with E-state index in [1.807, 2.05) is 11.0 Å². The monoisotopic (exact) mass is 437 g/mol. The second kappa shape index (κ2) is 7.44. The Morgan fingerprint density at radius 3 is 2.30 bits per heavy atom. The molecule has 0 radical (unpaired) electrons. The summed E-state index contributed by atoms with van der Waals surface area (Å²) in [4.78, 5) is 15.6. The summed E-state index contributed by atoms with van der Waals surface area (Å²) >= 11 is 12.5. The molecule has 1 heterocycles. The predicted octanol–water partition coefficient (Wildman–Crippen LogP) is 7.44. The average Bonchev–Trinajstić information content (AvgIpc) is 2.68. The summed E-state index contributed by atoms with van der Waals surface area (Å²) < 4.78 is 0. The zero-order chi connectivity index (χ0) is 21.7. The van der Waals surface area contributed by atoms with Crippen LogP contribution in [0.2, 0.25) is 10.0 Å². The summed E-state index contributed by atoms with van der Waals surface area (Å²) in [5, 5.41) is 0.885. The molecule has 0 N–H and O–H groups in total. The van der Waals surface area contributed by atoms with Crippen molar-refractivity contribution in [3.8, 4) is 0 Å². The Balaban J connectivity index is 1.93. The topological polar surface area (TPSA) is 20.3 Å². The Bertz CT molecular complexity index is 1120. The summed E-state index contributed by atoms with van der Waals surface area (Å²) in [5.41, 5.74) is 4.34. The van der Waals surface area contributed by atoms with E-state index in [4.69, 9.17) is 23.2 Å². The van der Waals surface area contributed by atoms with Gasteiger partial charge in [0, 0.05) is 21.7 Å². The number of halogens is 2. The molecule has 1 atom stereocenters. The number of aryl methyl sites for hydroxylation is 1. The number of carbonyl (C=O) groups is 1. The number of benzene rings is 3. The number of carbonyl (C=O) groups excluding carboxylic acids is 1.